The minimum Gasteiger partial charge on any atom is -0.285 e. The van der Waals surface area contributed by atoms with Crippen LogP contribution in [0.3, 0.4) is 0 Å². The maximum atomic E-state index is 13.8. The number of Topliss-reactive ketones (excluding diaryl/α,β-unsaturated/α-hetero) is 2. The van der Waals surface area contributed by atoms with Gasteiger partial charge < -0.3 is 0 Å². The molecule has 100 valence electrons. The summed E-state index contributed by atoms with van der Waals surface area (Å²) in [6.07, 6.45) is 0.164. The van der Waals surface area contributed by atoms with Gasteiger partial charge in [-0.05, 0) is 24.7 Å². The first-order valence-electron chi connectivity index (χ1n) is 6.12. The summed E-state index contributed by atoms with van der Waals surface area (Å²) in [6.45, 7) is 7.12. The van der Waals surface area contributed by atoms with Crippen molar-refractivity contribution in [2.24, 2.45) is 11.8 Å². The highest BCUT2D eigenvalue weighted by Crippen LogP contribution is 2.34. The summed E-state index contributed by atoms with van der Waals surface area (Å²) >= 11 is 0. The number of hydrogen-bond donors (Lipinski definition) is 0. The number of rotatable bonds is 4. The molecule has 0 bridgehead atoms. The zero-order valence-corrected chi connectivity index (χ0v) is 11.1. The van der Waals surface area contributed by atoms with Gasteiger partial charge in [-0.3, -0.25) is 9.59 Å². The highest BCUT2D eigenvalue weighted by molar-refractivity contribution is 6.50. The van der Waals surface area contributed by atoms with Gasteiger partial charge in [0.15, 0.2) is 11.7 Å². The molecule has 0 aliphatic heterocycles. The third kappa shape index (κ3) is 2.92. The zero-order chi connectivity index (χ0) is 14.0. The van der Waals surface area contributed by atoms with Crippen molar-refractivity contribution in [2.75, 3.05) is 0 Å². The highest BCUT2D eigenvalue weighted by atomic mass is 19.2. The molecule has 4 heteroatoms. The molecule has 0 spiro atoms. The predicted octanol–water partition coefficient (Wildman–Crippen LogP) is 3.68. The second-order valence-corrected chi connectivity index (χ2v) is 5.44. The Kier molecular flexibility index (Phi) is 4.54. The molecule has 2 nitrogen and oxygen atoms in total. The van der Waals surface area contributed by atoms with Crippen molar-refractivity contribution in [2.45, 2.75) is 40.5 Å². The van der Waals surface area contributed by atoms with E-state index in [2.05, 4.69) is 0 Å². The van der Waals surface area contributed by atoms with Crippen LogP contribution in [0.1, 0.15) is 40.5 Å². The van der Waals surface area contributed by atoms with E-state index in [-0.39, 0.29) is 35.8 Å². The van der Waals surface area contributed by atoms with Crippen molar-refractivity contribution in [1.82, 2.24) is 0 Å². The molecule has 0 saturated heterocycles. The number of carbonyl (C=O) groups is 2. The maximum Gasteiger partial charge on any atom is 0.232 e. The molecule has 0 aromatic carbocycles. The fraction of sp³-hybridized carbons (Fsp3) is 0.571. The average molecular weight is 256 g/mol. The Morgan fingerprint density at radius 1 is 0.778 bits per heavy atom. The summed E-state index contributed by atoms with van der Waals surface area (Å²) in [5.41, 5.74) is -0.639. The first kappa shape index (κ1) is 14.7. The summed E-state index contributed by atoms with van der Waals surface area (Å²) in [5.74, 6) is -4.10. The summed E-state index contributed by atoms with van der Waals surface area (Å²) < 4.78 is 27.6. The molecule has 1 aliphatic carbocycles. The minimum atomic E-state index is -1.15. The molecule has 18 heavy (non-hydrogen) atoms. The summed E-state index contributed by atoms with van der Waals surface area (Å²) in [5, 5.41) is 0. The van der Waals surface area contributed by atoms with E-state index in [0.717, 1.165) is 0 Å². The third-order valence-electron chi connectivity index (χ3n) is 2.70. The van der Waals surface area contributed by atoms with Crippen molar-refractivity contribution in [3.8, 4) is 0 Å². The molecule has 0 atom stereocenters. The van der Waals surface area contributed by atoms with Crippen LogP contribution < -0.4 is 0 Å². The fourth-order valence-electron chi connectivity index (χ4n) is 1.92. The molecule has 0 fully saturated rings. The molecule has 0 amide bonds. The first-order chi connectivity index (χ1) is 8.25. The van der Waals surface area contributed by atoms with Crippen molar-refractivity contribution in [3.05, 3.63) is 22.8 Å². The van der Waals surface area contributed by atoms with Crippen LogP contribution in [0.15, 0.2) is 22.8 Å². The van der Waals surface area contributed by atoms with E-state index in [1.807, 2.05) is 0 Å². The predicted molar refractivity (Wildman–Crippen MR) is 65.2 cm³/mol. The van der Waals surface area contributed by atoms with Crippen molar-refractivity contribution >= 4 is 11.6 Å². The van der Waals surface area contributed by atoms with Gasteiger partial charge in [-0.1, -0.05) is 27.7 Å². The van der Waals surface area contributed by atoms with E-state index in [9.17, 15) is 18.4 Å². The molecular weight excluding hydrogens is 238 g/mol. The van der Waals surface area contributed by atoms with Gasteiger partial charge in [-0.2, -0.15) is 0 Å². The lowest BCUT2D eigenvalue weighted by Gasteiger charge is -2.18. The van der Waals surface area contributed by atoms with Gasteiger partial charge in [-0.15, -0.1) is 0 Å². The van der Waals surface area contributed by atoms with Crippen LogP contribution in [0.2, 0.25) is 0 Å². The largest absolute Gasteiger partial charge is 0.285 e. The van der Waals surface area contributed by atoms with Gasteiger partial charge >= 0.3 is 0 Å². The van der Waals surface area contributed by atoms with Crippen LogP contribution in [0.5, 0.6) is 0 Å². The fourth-order valence-corrected chi connectivity index (χ4v) is 1.92. The third-order valence-corrected chi connectivity index (χ3v) is 2.70. The van der Waals surface area contributed by atoms with Crippen molar-refractivity contribution in [1.29, 1.82) is 0 Å². The van der Waals surface area contributed by atoms with Gasteiger partial charge in [0.2, 0.25) is 11.6 Å². The second kappa shape index (κ2) is 5.55. The van der Waals surface area contributed by atoms with Gasteiger partial charge in [0, 0.05) is 11.1 Å². The van der Waals surface area contributed by atoms with Crippen LogP contribution in [0, 0.1) is 11.8 Å². The number of carbonyl (C=O) groups excluding carboxylic acids is 2. The molecular formula is C14H18F2O2. The molecule has 0 aromatic rings. The van der Waals surface area contributed by atoms with Crippen LogP contribution >= 0.6 is 0 Å². The van der Waals surface area contributed by atoms with Crippen molar-refractivity contribution < 1.29 is 18.4 Å². The lowest BCUT2D eigenvalue weighted by molar-refractivity contribution is -0.132. The van der Waals surface area contributed by atoms with E-state index in [1.54, 1.807) is 27.7 Å². The lowest BCUT2D eigenvalue weighted by Crippen LogP contribution is -2.26. The quantitative estimate of drug-likeness (QED) is 0.568. The summed E-state index contributed by atoms with van der Waals surface area (Å²) in [4.78, 5) is 23.5. The molecule has 0 unspecified atom stereocenters. The maximum absolute atomic E-state index is 13.8. The van der Waals surface area contributed by atoms with Gasteiger partial charge in [0.25, 0.3) is 0 Å². The van der Waals surface area contributed by atoms with E-state index in [1.165, 1.54) is 0 Å². The Hall–Kier alpha value is -1.32. The normalized spacial score (nSPS) is 17.6. The molecule has 0 saturated carbocycles. The number of ketones is 2. The molecule has 0 heterocycles. The van der Waals surface area contributed by atoms with Gasteiger partial charge in [0.05, 0.1) is 0 Å². The number of hydrogen-bond acceptors (Lipinski definition) is 2. The van der Waals surface area contributed by atoms with E-state index in [0.29, 0.717) is 0 Å². The Balaban J connectivity index is 3.22. The monoisotopic (exact) mass is 256 g/mol. The van der Waals surface area contributed by atoms with Gasteiger partial charge in [-0.25, -0.2) is 8.78 Å². The highest BCUT2D eigenvalue weighted by Gasteiger charge is 2.35. The molecule has 1 rings (SSSR count). The number of halogens is 2. The Bertz CT molecular complexity index is 401. The molecule has 1 aliphatic rings. The van der Waals surface area contributed by atoms with Crippen LogP contribution in [0.25, 0.3) is 0 Å². The molecule has 0 radical (unpaired) electrons. The van der Waals surface area contributed by atoms with Crippen LogP contribution in [-0.2, 0) is 9.59 Å². The Morgan fingerprint density at radius 2 is 1.06 bits per heavy atom. The zero-order valence-electron chi connectivity index (χ0n) is 11.1. The molecule has 0 aromatic heterocycles. The Morgan fingerprint density at radius 3 is 1.28 bits per heavy atom. The average Bonchev–Trinajstić information content (AvgIpc) is 2.27. The van der Waals surface area contributed by atoms with E-state index in [4.69, 9.17) is 0 Å². The Labute approximate surface area is 106 Å². The number of allylic oxidation sites excluding steroid dienone is 4. The van der Waals surface area contributed by atoms with Crippen LogP contribution in [-0.4, -0.2) is 11.6 Å². The summed E-state index contributed by atoms with van der Waals surface area (Å²) in [7, 11) is 0. The lowest BCUT2D eigenvalue weighted by atomic mass is 9.86. The van der Waals surface area contributed by atoms with Crippen molar-refractivity contribution in [3.63, 3.8) is 0 Å². The van der Waals surface area contributed by atoms with E-state index >= 15 is 0 Å². The van der Waals surface area contributed by atoms with E-state index < -0.39 is 23.2 Å². The van der Waals surface area contributed by atoms with Crippen LogP contribution in [0.4, 0.5) is 8.78 Å². The summed E-state index contributed by atoms with van der Waals surface area (Å²) in [6, 6.07) is 0. The topological polar surface area (TPSA) is 34.1 Å². The SMILES string of the molecule is CC(C)CC1=C(F)C(F)=C(CC(C)C)C(=O)C1=O. The smallest absolute Gasteiger partial charge is 0.232 e. The van der Waals surface area contributed by atoms with Gasteiger partial charge in [0.1, 0.15) is 0 Å². The first-order valence-corrected chi connectivity index (χ1v) is 6.12. The standard InChI is InChI=1S/C14H18F2O2/c1-7(2)5-9-11(15)12(16)10(6-8(3)4)14(18)13(9)17/h7-8H,5-6H2,1-4H3. The molecule has 0 N–H and O–H groups in total. The minimum absolute atomic E-state index is 0.0121. The second-order valence-electron chi connectivity index (χ2n) is 5.44.